The molecule has 1 aliphatic heterocycles. The van der Waals surface area contributed by atoms with E-state index in [0.29, 0.717) is 17.3 Å². The van der Waals surface area contributed by atoms with Crippen LogP contribution in [0, 0.1) is 10.1 Å². The monoisotopic (exact) mass is 395 g/mol. The summed E-state index contributed by atoms with van der Waals surface area (Å²) in [6.45, 7) is -0.161. The Morgan fingerprint density at radius 2 is 2.07 bits per heavy atom. The third-order valence-electron chi connectivity index (χ3n) is 4.80. The molecule has 0 unspecified atom stereocenters. The number of aromatic nitrogens is 2. The summed E-state index contributed by atoms with van der Waals surface area (Å²) in [6.07, 6.45) is 3.60. The Bertz CT molecular complexity index is 880. The fourth-order valence-corrected chi connectivity index (χ4v) is 3.36. The summed E-state index contributed by atoms with van der Waals surface area (Å²) < 4.78 is 10.6. The standard InChI is InChI=1S/C16H17N5O5.ClH/c17-16(5-1-2-6-16)15-18-13(26-19-15)8-20-11-7-10(21(23)24)3-4-12(11)25-9-14(20)22;/h3-4,7H,1-2,5-6,8-9,17H2;1H. The number of amides is 1. The van der Waals surface area contributed by atoms with Gasteiger partial charge in [0.1, 0.15) is 12.3 Å². The van der Waals surface area contributed by atoms with Crippen molar-refractivity contribution in [2.45, 2.75) is 37.8 Å². The van der Waals surface area contributed by atoms with Gasteiger partial charge in [0.25, 0.3) is 11.6 Å². The van der Waals surface area contributed by atoms with Crippen molar-refractivity contribution < 1.29 is 19.0 Å². The van der Waals surface area contributed by atoms with Crippen LogP contribution in [0.2, 0.25) is 0 Å². The maximum atomic E-state index is 12.3. The molecule has 0 spiro atoms. The van der Waals surface area contributed by atoms with E-state index in [4.69, 9.17) is 15.0 Å². The third-order valence-corrected chi connectivity index (χ3v) is 4.80. The second-order valence-corrected chi connectivity index (χ2v) is 6.55. The quantitative estimate of drug-likeness (QED) is 0.613. The minimum absolute atomic E-state index is 0. The van der Waals surface area contributed by atoms with Crippen molar-refractivity contribution >= 4 is 29.7 Å². The molecule has 4 rings (SSSR count). The summed E-state index contributed by atoms with van der Waals surface area (Å²) >= 11 is 0. The number of non-ortho nitro benzene ring substituents is 1. The predicted octanol–water partition coefficient (Wildman–Crippen LogP) is 2.05. The Kier molecular flexibility index (Phi) is 5.03. The summed E-state index contributed by atoms with van der Waals surface area (Å²) in [5.74, 6) is 0.705. The molecule has 1 fully saturated rings. The maximum Gasteiger partial charge on any atom is 0.271 e. The highest BCUT2D eigenvalue weighted by Gasteiger charge is 2.36. The first kappa shape index (κ1) is 19.1. The number of anilines is 1. The number of hydrogen-bond acceptors (Lipinski definition) is 8. The second-order valence-electron chi connectivity index (χ2n) is 6.55. The van der Waals surface area contributed by atoms with E-state index in [9.17, 15) is 14.9 Å². The van der Waals surface area contributed by atoms with E-state index in [0.717, 1.165) is 25.7 Å². The molecule has 2 N–H and O–H groups in total. The highest BCUT2D eigenvalue weighted by molar-refractivity contribution is 5.98. The molecule has 27 heavy (non-hydrogen) atoms. The van der Waals surface area contributed by atoms with E-state index in [2.05, 4.69) is 10.1 Å². The minimum Gasteiger partial charge on any atom is -0.482 e. The van der Waals surface area contributed by atoms with E-state index in [1.807, 2.05) is 0 Å². The first-order valence-electron chi connectivity index (χ1n) is 8.30. The molecule has 1 amide bonds. The zero-order valence-electron chi connectivity index (χ0n) is 14.3. The van der Waals surface area contributed by atoms with E-state index in [1.54, 1.807) is 0 Å². The summed E-state index contributed by atoms with van der Waals surface area (Å²) in [6, 6.07) is 4.10. The van der Waals surface area contributed by atoms with E-state index in [1.165, 1.54) is 23.1 Å². The Morgan fingerprint density at radius 3 is 2.78 bits per heavy atom. The van der Waals surface area contributed by atoms with Gasteiger partial charge in [-0.3, -0.25) is 19.8 Å². The Morgan fingerprint density at radius 1 is 1.33 bits per heavy atom. The molecule has 2 aromatic rings. The zero-order valence-corrected chi connectivity index (χ0v) is 15.1. The molecule has 1 aromatic heterocycles. The van der Waals surface area contributed by atoms with Gasteiger partial charge in [0.05, 0.1) is 16.1 Å². The van der Waals surface area contributed by atoms with E-state index in [-0.39, 0.29) is 43.0 Å². The van der Waals surface area contributed by atoms with E-state index < -0.39 is 10.5 Å². The number of carbonyl (C=O) groups excluding carboxylic acids is 1. The number of hydrogen-bond donors (Lipinski definition) is 1. The number of halogens is 1. The van der Waals surface area contributed by atoms with Crippen LogP contribution in [0.3, 0.4) is 0 Å². The average Bonchev–Trinajstić information content (AvgIpc) is 3.27. The molecule has 2 heterocycles. The first-order chi connectivity index (χ1) is 12.5. The van der Waals surface area contributed by atoms with Gasteiger partial charge in [-0.1, -0.05) is 18.0 Å². The number of ether oxygens (including phenoxy) is 1. The molecule has 0 radical (unpaired) electrons. The van der Waals surface area contributed by atoms with Crippen LogP contribution in [-0.4, -0.2) is 27.6 Å². The SMILES string of the molecule is Cl.NC1(c2noc(CN3C(=O)COc4ccc([N+](=O)[O-])cc43)n2)CCCC1. The summed E-state index contributed by atoms with van der Waals surface area (Å²) in [4.78, 5) is 28.5. The number of nitro benzene ring substituents is 1. The topological polar surface area (TPSA) is 138 Å². The normalized spacial score (nSPS) is 17.8. The van der Waals surface area contributed by atoms with Crippen LogP contribution >= 0.6 is 12.4 Å². The number of nitro groups is 1. The van der Waals surface area contributed by atoms with Crippen molar-refractivity contribution in [3.8, 4) is 5.75 Å². The van der Waals surface area contributed by atoms with E-state index >= 15 is 0 Å². The van der Waals surface area contributed by atoms with Crippen molar-refractivity contribution in [1.82, 2.24) is 10.1 Å². The lowest BCUT2D eigenvalue weighted by Crippen LogP contribution is -2.38. The minimum atomic E-state index is -0.590. The van der Waals surface area contributed by atoms with Crippen molar-refractivity contribution in [3.63, 3.8) is 0 Å². The highest BCUT2D eigenvalue weighted by Crippen LogP contribution is 2.37. The molecule has 10 nitrogen and oxygen atoms in total. The van der Waals surface area contributed by atoms with Gasteiger partial charge in [0.2, 0.25) is 5.89 Å². The molecule has 0 atom stereocenters. The fraction of sp³-hybridized carbons (Fsp3) is 0.438. The predicted molar refractivity (Wildman–Crippen MR) is 95.7 cm³/mol. The molecule has 0 saturated heterocycles. The summed E-state index contributed by atoms with van der Waals surface area (Å²) in [7, 11) is 0. The molecule has 1 saturated carbocycles. The molecule has 11 heteroatoms. The van der Waals surface area contributed by atoms with Crippen molar-refractivity contribution in [2.24, 2.45) is 5.73 Å². The average molecular weight is 396 g/mol. The smallest absolute Gasteiger partial charge is 0.271 e. The number of rotatable bonds is 4. The summed E-state index contributed by atoms with van der Waals surface area (Å²) in [5.41, 5.74) is 5.90. The molecule has 1 aliphatic carbocycles. The van der Waals surface area contributed by atoms with Gasteiger partial charge in [-0.15, -0.1) is 12.4 Å². The number of nitrogens with zero attached hydrogens (tertiary/aromatic N) is 4. The molecule has 144 valence electrons. The van der Waals surface area contributed by atoms with Gasteiger partial charge in [0, 0.05) is 12.1 Å². The Balaban J connectivity index is 0.00000210. The van der Waals surface area contributed by atoms with Crippen LogP contribution in [-0.2, 0) is 16.9 Å². The lowest BCUT2D eigenvalue weighted by Gasteiger charge is -2.27. The van der Waals surface area contributed by atoms with Crippen LogP contribution in [0.15, 0.2) is 22.7 Å². The zero-order chi connectivity index (χ0) is 18.3. The molecule has 0 bridgehead atoms. The highest BCUT2D eigenvalue weighted by atomic mass is 35.5. The van der Waals surface area contributed by atoms with Crippen LogP contribution in [0.4, 0.5) is 11.4 Å². The van der Waals surface area contributed by atoms with Gasteiger partial charge in [-0.25, -0.2) is 0 Å². The Hall–Kier alpha value is -2.72. The van der Waals surface area contributed by atoms with Gasteiger partial charge in [-0.05, 0) is 18.9 Å². The lowest BCUT2D eigenvalue weighted by atomic mass is 9.99. The van der Waals surface area contributed by atoms with Crippen LogP contribution in [0.25, 0.3) is 0 Å². The van der Waals surface area contributed by atoms with Gasteiger partial charge in [0.15, 0.2) is 12.4 Å². The van der Waals surface area contributed by atoms with Crippen LogP contribution in [0.5, 0.6) is 5.75 Å². The maximum absolute atomic E-state index is 12.3. The molecule has 2 aliphatic rings. The molecule has 1 aromatic carbocycles. The van der Waals surface area contributed by atoms with Crippen molar-refractivity contribution in [1.29, 1.82) is 0 Å². The lowest BCUT2D eigenvalue weighted by molar-refractivity contribution is -0.384. The van der Waals surface area contributed by atoms with Gasteiger partial charge in [-0.2, -0.15) is 4.98 Å². The fourth-order valence-electron chi connectivity index (χ4n) is 3.36. The van der Waals surface area contributed by atoms with Crippen LogP contribution < -0.4 is 15.4 Å². The summed E-state index contributed by atoms with van der Waals surface area (Å²) in [5, 5.41) is 15.0. The second kappa shape index (κ2) is 7.12. The van der Waals surface area contributed by atoms with Crippen molar-refractivity contribution in [2.75, 3.05) is 11.5 Å². The third kappa shape index (κ3) is 3.45. The Labute approximate surface area is 160 Å². The van der Waals surface area contributed by atoms with Gasteiger partial charge < -0.3 is 15.0 Å². The number of fused-ring (bicyclic) bond motifs is 1. The van der Waals surface area contributed by atoms with Gasteiger partial charge >= 0.3 is 0 Å². The number of nitrogens with two attached hydrogens (primary N) is 1. The number of carbonyl (C=O) groups is 1. The van der Waals surface area contributed by atoms with Crippen LogP contribution in [0.1, 0.15) is 37.4 Å². The largest absolute Gasteiger partial charge is 0.482 e. The molecular weight excluding hydrogens is 378 g/mol. The first-order valence-corrected chi connectivity index (χ1v) is 8.30. The van der Waals surface area contributed by atoms with Crippen molar-refractivity contribution in [3.05, 3.63) is 40.0 Å². The number of benzene rings is 1. The molecular formula is C16H18ClN5O5.